The SMILES string of the molecule is COc1ccc(C2CN(C)CC3SC(C=O)=CC32)cc1. The minimum atomic E-state index is 0.453. The van der Waals surface area contributed by atoms with E-state index < -0.39 is 0 Å². The Morgan fingerprint density at radius 1 is 1.30 bits per heavy atom. The minimum absolute atomic E-state index is 0.453. The molecule has 3 nitrogen and oxygen atoms in total. The average molecular weight is 289 g/mol. The molecule has 4 heteroatoms. The van der Waals surface area contributed by atoms with Crippen molar-refractivity contribution in [3.8, 4) is 5.75 Å². The van der Waals surface area contributed by atoms with E-state index in [4.69, 9.17) is 4.74 Å². The van der Waals surface area contributed by atoms with Crippen molar-refractivity contribution in [1.82, 2.24) is 4.90 Å². The van der Waals surface area contributed by atoms with Gasteiger partial charge in [0.25, 0.3) is 0 Å². The van der Waals surface area contributed by atoms with Gasteiger partial charge in [-0.2, -0.15) is 0 Å². The number of ether oxygens (including phenoxy) is 1. The topological polar surface area (TPSA) is 29.5 Å². The predicted molar refractivity (Wildman–Crippen MR) is 82.2 cm³/mol. The zero-order valence-corrected chi connectivity index (χ0v) is 12.6. The summed E-state index contributed by atoms with van der Waals surface area (Å²) in [6.07, 6.45) is 3.16. The van der Waals surface area contributed by atoms with Crippen LogP contribution in [0.15, 0.2) is 35.2 Å². The van der Waals surface area contributed by atoms with Crippen LogP contribution < -0.4 is 4.74 Å². The molecule has 1 fully saturated rings. The first-order valence-corrected chi connectivity index (χ1v) is 7.75. The van der Waals surface area contributed by atoms with E-state index in [1.54, 1.807) is 18.9 Å². The lowest BCUT2D eigenvalue weighted by atomic mass is 9.80. The van der Waals surface area contributed by atoms with E-state index in [-0.39, 0.29) is 0 Å². The summed E-state index contributed by atoms with van der Waals surface area (Å²) in [6, 6.07) is 8.34. The number of allylic oxidation sites excluding steroid dienone is 2. The second kappa shape index (κ2) is 5.62. The first-order valence-electron chi connectivity index (χ1n) is 6.87. The number of hydrogen-bond donors (Lipinski definition) is 0. The summed E-state index contributed by atoms with van der Waals surface area (Å²) < 4.78 is 5.23. The number of aldehydes is 1. The summed E-state index contributed by atoms with van der Waals surface area (Å²) in [4.78, 5) is 14.3. The largest absolute Gasteiger partial charge is 0.497 e. The molecule has 0 spiro atoms. The Hall–Kier alpha value is -1.26. The molecule has 0 amide bonds. The highest BCUT2D eigenvalue weighted by atomic mass is 32.2. The molecule has 0 aromatic heterocycles. The first kappa shape index (κ1) is 13.7. The van der Waals surface area contributed by atoms with Crippen molar-refractivity contribution in [1.29, 1.82) is 0 Å². The summed E-state index contributed by atoms with van der Waals surface area (Å²) in [5, 5.41) is 0.501. The van der Waals surface area contributed by atoms with E-state index in [9.17, 15) is 4.79 Å². The third kappa shape index (κ3) is 2.50. The highest BCUT2D eigenvalue weighted by Gasteiger charge is 2.39. The number of fused-ring (bicyclic) bond motifs is 1. The van der Waals surface area contributed by atoms with Gasteiger partial charge in [0, 0.05) is 29.2 Å². The molecule has 1 aromatic carbocycles. The van der Waals surface area contributed by atoms with Gasteiger partial charge in [-0.25, -0.2) is 0 Å². The van der Waals surface area contributed by atoms with Crippen LogP contribution in [-0.4, -0.2) is 43.7 Å². The monoisotopic (exact) mass is 289 g/mol. The minimum Gasteiger partial charge on any atom is -0.497 e. The van der Waals surface area contributed by atoms with Gasteiger partial charge in [-0.05, 0) is 30.7 Å². The van der Waals surface area contributed by atoms with Gasteiger partial charge in [0.2, 0.25) is 0 Å². The van der Waals surface area contributed by atoms with Crippen molar-refractivity contribution < 1.29 is 9.53 Å². The second-order valence-corrected chi connectivity index (χ2v) is 6.83. The fourth-order valence-electron chi connectivity index (χ4n) is 3.21. The Balaban J connectivity index is 1.89. The third-order valence-electron chi connectivity index (χ3n) is 4.20. The fraction of sp³-hybridized carbons (Fsp3) is 0.438. The number of carbonyl (C=O) groups is 1. The lowest BCUT2D eigenvalue weighted by molar-refractivity contribution is -0.104. The van der Waals surface area contributed by atoms with Gasteiger partial charge in [-0.1, -0.05) is 18.2 Å². The summed E-state index contributed by atoms with van der Waals surface area (Å²) >= 11 is 1.73. The van der Waals surface area contributed by atoms with Crippen LogP contribution in [0.3, 0.4) is 0 Å². The average Bonchev–Trinajstić information content (AvgIpc) is 2.89. The second-order valence-electron chi connectivity index (χ2n) is 5.52. The number of methoxy groups -OCH3 is 1. The first-order chi connectivity index (χ1) is 9.71. The Labute approximate surface area is 124 Å². The lowest BCUT2D eigenvalue weighted by Gasteiger charge is -2.38. The highest BCUT2D eigenvalue weighted by molar-refractivity contribution is 8.04. The van der Waals surface area contributed by atoms with E-state index in [2.05, 4.69) is 30.2 Å². The number of hydrogen-bond acceptors (Lipinski definition) is 4. The van der Waals surface area contributed by atoms with Crippen LogP contribution in [0.4, 0.5) is 0 Å². The molecule has 1 saturated heterocycles. The number of likely N-dealkylation sites (tertiary alicyclic amines) is 1. The van der Waals surface area contributed by atoms with E-state index in [0.29, 0.717) is 17.1 Å². The van der Waals surface area contributed by atoms with E-state index in [1.165, 1.54) is 5.56 Å². The van der Waals surface area contributed by atoms with Gasteiger partial charge in [0.1, 0.15) is 5.75 Å². The summed E-state index contributed by atoms with van der Waals surface area (Å²) in [7, 11) is 3.85. The Bertz CT molecular complexity index is 526. The molecule has 1 aromatic rings. The van der Waals surface area contributed by atoms with Gasteiger partial charge in [-0.3, -0.25) is 4.79 Å². The maximum Gasteiger partial charge on any atom is 0.156 e. The summed E-state index contributed by atoms with van der Waals surface area (Å²) in [5.41, 5.74) is 1.33. The number of rotatable bonds is 3. The zero-order valence-electron chi connectivity index (χ0n) is 11.8. The van der Waals surface area contributed by atoms with Gasteiger partial charge in [0.15, 0.2) is 6.29 Å². The van der Waals surface area contributed by atoms with Gasteiger partial charge in [0.05, 0.1) is 7.11 Å². The van der Waals surface area contributed by atoms with Crippen molar-refractivity contribution in [2.24, 2.45) is 5.92 Å². The lowest BCUT2D eigenvalue weighted by Crippen LogP contribution is -2.43. The number of benzene rings is 1. The van der Waals surface area contributed by atoms with Crippen LogP contribution >= 0.6 is 11.8 Å². The molecule has 0 N–H and O–H groups in total. The number of thioether (sulfide) groups is 1. The van der Waals surface area contributed by atoms with Crippen LogP contribution in [-0.2, 0) is 4.79 Å². The smallest absolute Gasteiger partial charge is 0.156 e. The maximum atomic E-state index is 11.0. The van der Waals surface area contributed by atoms with Crippen molar-refractivity contribution in [3.63, 3.8) is 0 Å². The van der Waals surface area contributed by atoms with Crippen molar-refractivity contribution in [2.45, 2.75) is 11.2 Å². The number of piperidine rings is 1. The predicted octanol–water partition coefficient (Wildman–Crippen LogP) is 2.54. The molecular weight excluding hydrogens is 270 g/mol. The van der Waals surface area contributed by atoms with E-state index in [1.807, 2.05) is 12.1 Å². The quantitative estimate of drug-likeness (QED) is 0.800. The van der Waals surface area contributed by atoms with E-state index >= 15 is 0 Å². The third-order valence-corrected chi connectivity index (χ3v) is 5.47. The Morgan fingerprint density at radius 3 is 2.70 bits per heavy atom. The molecule has 3 atom stereocenters. The molecule has 0 bridgehead atoms. The molecule has 0 saturated carbocycles. The molecular formula is C16H19NO2S. The Kier molecular flexibility index (Phi) is 3.85. The maximum absolute atomic E-state index is 11.0. The molecule has 2 aliphatic rings. The van der Waals surface area contributed by atoms with Gasteiger partial charge >= 0.3 is 0 Å². The van der Waals surface area contributed by atoms with E-state index in [0.717, 1.165) is 30.0 Å². The van der Waals surface area contributed by atoms with Crippen LogP contribution in [0.5, 0.6) is 5.75 Å². The van der Waals surface area contributed by atoms with Crippen molar-refractivity contribution >= 4 is 18.0 Å². The molecule has 2 aliphatic heterocycles. The standard InChI is InChI=1S/C16H19NO2S/c1-17-8-15(11-3-5-12(19-2)6-4-11)14-7-13(10-18)20-16(14)9-17/h3-7,10,14-16H,8-9H2,1-2H3. The number of nitrogens with zero attached hydrogens (tertiary/aromatic N) is 1. The zero-order chi connectivity index (χ0) is 14.1. The normalized spacial score (nSPS) is 29.7. The highest BCUT2D eigenvalue weighted by Crippen LogP contribution is 2.46. The number of likely N-dealkylation sites (N-methyl/N-ethyl adjacent to an activating group) is 1. The van der Waals surface area contributed by atoms with Gasteiger partial charge in [-0.15, -0.1) is 11.8 Å². The molecule has 0 radical (unpaired) electrons. The molecule has 3 rings (SSSR count). The van der Waals surface area contributed by atoms with Crippen molar-refractivity contribution in [3.05, 3.63) is 40.8 Å². The Morgan fingerprint density at radius 2 is 2.05 bits per heavy atom. The van der Waals surface area contributed by atoms with Crippen LogP contribution in [0, 0.1) is 5.92 Å². The van der Waals surface area contributed by atoms with Crippen molar-refractivity contribution in [2.75, 3.05) is 27.2 Å². The van der Waals surface area contributed by atoms with Crippen LogP contribution in [0.2, 0.25) is 0 Å². The van der Waals surface area contributed by atoms with Crippen LogP contribution in [0.25, 0.3) is 0 Å². The summed E-state index contributed by atoms with van der Waals surface area (Å²) in [6.45, 7) is 2.09. The number of carbonyl (C=O) groups excluding carboxylic acids is 1. The molecule has 0 aliphatic carbocycles. The molecule has 106 valence electrons. The fourth-order valence-corrected chi connectivity index (χ4v) is 4.60. The summed E-state index contributed by atoms with van der Waals surface area (Å²) in [5.74, 6) is 1.80. The molecule has 3 unspecified atom stereocenters. The molecule has 20 heavy (non-hydrogen) atoms. The van der Waals surface area contributed by atoms with Gasteiger partial charge < -0.3 is 9.64 Å². The molecule has 2 heterocycles. The van der Waals surface area contributed by atoms with Crippen LogP contribution in [0.1, 0.15) is 11.5 Å².